The molecule has 0 aliphatic carbocycles. The minimum Gasteiger partial charge on any atom is -0.338 e. The first kappa shape index (κ1) is 15.4. The molecule has 0 aliphatic rings. The molecule has 0 N–H and O–H groups in total. The predicted molar refractivity (Wildman–Crippen MR) is 85.8 cm³/mol. The van der Waals surface area contributed by atoms with Gasteiger partial charge < -0.3 is 4.57 Å². The van der Waals surface area contributed by atoms with Crippen molar-refractivity contribution < 1.29 is 0 Å². The van der Waals surface area contributed by atoms with Gasteiger partial charge in [0.1, 0.15) is 5.82 Å². The maximum Gasteiger partial charge on any atom is 0.108 e. The van der Waals surface area contributed by atoms with Gasteiger partial charge in [0.25, 0.3) is 0 Å². The van der Waals surface area contributed by atoms with Crippen molar-refractivity contribution in [3.8, 4) is 0 Å². The Bertz CT molecular complexity index is 559. The molecule has 0 fully saturated rings. The monoisotopic (exact) mass is 310 g/mol. The van der Waals surface area contributed by atoms with Crippen molar-refractivity contribution >= 4 is 23.2 Å². The molecule has 20 heavy (non-hydrogen) atoms. The van der Waals surface area contributed by atoms with Gasteiger partial charge in [0, 0.05) is 43.0 Å². The van der Waals surface area contributed by atoms with E-state index in [1.165, 1.54) is 11.1 Å². The molecule has 0 saturated carbocycles. The highest BCUT2D eigenvalue weighted by Crippen LogP contribution is 2.33. The third kappa shape index (κ3) is 3.18. The Morgan fingerprint density at radius 1 is 1.25 bits per heavy atom. The summed E-state index contributed by atoms with van der Waals surface area (Å²) in [5, 5.41) is 0. The van der Waals surface area contributed by atoms with E-state index in [-0.39, 0.29) is 5.41 Å². The topological polar surface area (TPSA) is 17.8 Å². The molecule has 0 unspecified atom stereocenters. The Morgan fingerprint density at radius 3 is 2.55 bits per heavy atom. The van der Waals surface area contributed by atoms with Crippen LogP contribution in [0.2, 0.25) is 0 Å². The van der Waals surface area contributed by atoms with Crippen molar-refractivity contribution in [3.63, 3.8) is 0 Å². The smallest absolute Gasteiger partial charge is 0.108 e. The van der Waals surface area contributed by atoms with E-state index < -0.39 is 0 Å². The number of hydrogen-bond donors (Lipinski definition) is 0. The number of benzene rings is 1. The van der Waals surface area contributed by atoms with Gasteiger partial charge in [-0.1, -0.05) is 29.8 Å². The molecule has 108 valence electrons. The van der Waals surface area contributed by atoms with Gasteiger partial charge in [-0.3, -0.25) is 0 Å². The van der Waals surface area contributed by atoms with Crippen molar-refractivity contribution in [2.45, 2.75) is 25.2 Å². The number of aromatic nitrogens is 2. The van der Waals surface area contributed by atoms with E-state index in [1.54, 1.807) is 0 Å². The van der Waals surface area contributed by atoms with Crippen LogP contribution in [0.4, 0.5) is 0 Å². The number of nitrogens with zero attached hydrogens (tertiary/aromatic N) is 2. The second-order valence-corrected chi connectivity index (χ2v) is 5.91. The van der Waals surface area contributed by atoms with Crippen molar-refractivity contribution in [1.29, 1.82) is 0 Å². The van der Waals surface area contributed by atoms with E-state index in [0.29, 0.717) is 11.8 Å². The van der Waals surface area contributed by atoms with Crippen LogP contribution in [0.1, 0.15) is 23.4 Å². The molecule has 0 bridgehead atoms. The summed E-state index contributed by atoms with van der Waals surface area (Å²) < 4.78 is 2.05. The number of rotatable bonds is 6. The minimum atomic E-state index is -0.193. The summed E-state index contributed by atoms with van der Waals surface area (Å²) >= 11 is 12.6. The van der Waals surface area contributed by atoms with Gasteiger partial charge in [0.05, 0.1) is 0 Å². The van der Waals surface area contributed by atoms with E-state index >= 15 is 0 Å². The fourth-order valence-corrected chi connectivity index (χ4v) is 3.29. The second kappa shape index (κ2) is 6.64. The van der Waals surface area contributed by atoms with Gasteiger partial charge >= 0.3 is 0 Å². The molecule has 0 atom stereocenters. The zero-order valence-corrected chi connectivity index (χ0v) is 13.5. The van der Waals surface area contributed by atoms with Gasteiger partial charge in [-0.25, -0.2) is 4.98 Å². The first-order valence-electron chi connectivity index (χ1n) is 6.76. The highest BCUT2D eigenvalue weighted by atomic mass is 35.5. The van der Waals surface area contributed by atoms with E-state index in [2.05, 4.69) is 36.2 Å². The molecule has 0 amide bonds. The molecule has 1 aromatic carbocycles. The molecule has 2 nitrogen and oxygen atoms in total. The quantitative estimate of drug-likeness (QED) is 0.735. The largest absolute Gasteiger partial charge is 0.338 e. The molecule has 1 heterocycles. The maximum atomic E-state index is 6.28. The van der Waals surface area contributed by atoms with Crippen LogP contribution in [0.15, 0.2) is 36.7 Å². The molecule has 2 aromatic rings. The number of aryl methyl sites for hydroxylation is 3. The first-order chi connectivity index (χ1) is 9.61. The molecule has 0 aliphatic heterocycles. The molecule has 1 aromatic heterocycles. The van der Waals surface area contributed by atoms with Gasteiger partial charge in [0.15, 0.2) is 0 Å². The third-order valence-electron chi connectivity index (χ3n) is 3.89. The van der Waals surface area contributed by atoms with Crippen LogP contribution in [0.5, 0.6) is 0 Å². The summed E-state index contributed by atoms with van der Waals surface area (Å²) in [7, 11) is 2.01. The molecule has 4 heteroatoms. The van der Waals surface area contributed by atoms with E-state index in [9.17, 15) is 0 Å². The normalized spacial score (nSPS) is 11.8. The van der Waals surface area contributed by atoms with Gasteiger partial charge in [0.2, 0.25) is 0 Å². The lowest BCUT2D eigenvalue weighted by molar-refractivity contribution is 0.481. The van der Waals surface area contributed by atoms with Crippen molar-refractivity contribution in [2.75, 3.05) is 11.8 Å². The average Bonchev–Trinajstić information content (AvgIpc) is 2.86. The van der Waals surface area contributed by atoms with E-state index in [0.717, 1.165) is 18.7 Å². The lowest BCUT2D eigenvalue weighted by Gasteiger charge is -2.30. The maximum absolute atomic E-state index is 6.28. The first-order valence-corrected chi connectivity index (χ1v) is 7.83. The molecule has 0 saturated heterocycles. The van der Waals surface area contributed by atoms with E-state index in [1.807, 2.05) is 24.0 Å². The van der Waals surface area contributed by atoms with Crippen LogP contribution in [-0.4, -0.2) is 21.3 Å². The Balaban J connectivity index is 2.23. The Hall–Kier alpha value is -0.990. The molecule has 2 rings (SSSR count). The predicted octanol–water partition coefficient (Wildman–Crippen LogP) is 4.08. The van der Waals surface area contributed by atoms with Crippen LogP contribution < -0.4 is 0 Å². The zero-order chi connectivity index (χ0) is 14.6. The standard InChI is InChI=1S/C16H20Cl2N2/c1-13-4-3-5-14(10-13)16(11-17,12-18)7-6-15-19-8-9-20(15)2/h3-5,8-10H,6-7,11-12H2,1-2H3. The summed E-state index contributed by atoms with van der Waals surface area (Å²) in [6.45, 7) is 2.09. The third-order valence-corrected chi connectivity index (χ3v) is 4.91. The number of hydrogen-bond acceptors (Lipinski definition) is 1. The fourth-order valence-electron chi connectivity index (χ4n) is 2.43. The summed E-state index contributed by atoms with van der Waals surface area (Å²) in [6, 6.07) is 8.47. The Labute approximate surface area is 130 Å². The lowest BCUT2D eigenvalue weighted by Crippen LogP contribution is -2.31. The summed E-state index contributed by atoms with van der Waals surface area (Å²) in [4.78, 5) is 4.38. The van der Waals surface area contributed by atoms with Crippen LogP contribution in [0.3, 0.4) is 0 Å². The lowest BCUT2D eigenvalue weighted by atomic mass is 9.79. The fraction of sp³-hybridized carbons (Fsp3) is 0.438. The molecular formula is C16H20Cl2N2. The van der Waals surface area contributed by atoms with E-state index in [4.69, 9.17) is 23.2 Å². The van der Waals surface area contributed by atoms with Crippen LogP contribution >= 0.6 is 23.2 Å². The Morgan fingerprint density at radius 2 is 2.00 bits per heavy atom. The summed E-state index contributed by atoms with van der Waals surface area (Å²) in [6.07, 6.45) is 5.56. The second-order valence-electron chi connectivity index (χ2n) is 5.37. The highest BCUT2D eigenvalue weighted by Gasteiger charge is 2.30. The molecular weight excluding hydrogens is 291 g/mol. The van der Waals surface area contributed by atoms with Gasteiger partial charge in [-0.05, 0) is 18.9 Å². The zero-order valence-electron chi connectivity index (χ0n) is 11.9. The Kier molecular flexibility index (Phi) is 5.11. The summed E-state index contributed by atoms with van der Waals surface area (Å²) in [5.74, 6) is 2.10. The van der Waals surface area contributed by atoms with Crippen LogP contribution in [0, 0.1) is 6.92 Å². The minimum absolute atomic E-state index is 0.193. The number of imidazole rings is 1. The highest BCUT2D eigenvalue weighted by molar-refractivity contribution is 6.22. The van der Waals surface area contributed by atoms with Crippen molar-refractivity contribution in [1.82, 2.24) is 9.55 Å². The molecule has 0 spiro atoms. The van der Waals surface area contributed by atoms with Crippen molar-refractivity contribution in [3.05, 3.63) is 53.6 Å². The van der Waals surface area contributed by atoms with Crippen LogP contribution in [0.25, 0.3) is 0 Å². The van der Waals surface area contributed by atoms with Gasteiger partial charge in [-0.2, -0.15) is 0 Å². The number of halogens is 2. The van der Waals surface area contributed by atoms with Crippen molar-refractivity contribution in [2.24, 2.45) is 7.05 Å². The average molecular weight is 311 g/mol. The van der Waals surface area contributed by atoms with Crippen LogP contribution in [-0.2, 0) is 18.9 Å². The summed E-state index contributed by atoms with van der Waals surface area (Å²) in [5.41, 5.74) is 2.26. The van der Waals surface area contributed by atoms with Gasteiger partial charge in [-0.15, -0.1) is 23.2 Å². The number of alkyl halides is 2. The SMILES string of the molecule is Cc1cccc(C(CCl)(CCl)CCc2nccn2C)c1. The molecule has 0 radical (unpaired) electrons.